The van der Waals surface area contributed by atoms with Gasteiger partial charge >= 0.3 is 0 Å². The molecule has 0 aliphatic rings. The predicted octanol–water partition coefficient (Wildman–Crippen LogP) is 1.71. The molecular weight excluding hydrogens is 190 g/mol. The minimum absolute atomic E-state index is 0.411. The highest BCUT2D eigenvalue weighted by atomic mass is 16.3. The summed E-state index contributed by atoms with van der Waals surface area (Å²) in [5.41, 5.74) is -1.31. The Bertz CT molecular complexity index is 295. The standard InChI is InChI=1S/C12H19NO2/c1-11(2,14)10(12(3,4)15)9-7-5-6-8-13-9/h5-8,10,14-15H,1-4H3. The van der Waals surface area contributed by atoms with Crippen LogP contribution in [0.4, 0.5) is 0 Å². The first-order valence-electron chi connectivity index (χ1n) is 5.08. The van der Waals surface area contributed by atoms with E-state index in [4.69, 9.17) is 0 Å². The van der Waals surface area contributed by atoms with E-state index < -0.39 is 17.1 Å². The number of aromatic nitrogens is 1. The molecule has 1 aromatic rings. The number of nitrogens with zero attached hydrogens (tertiary/aromatic N) is 1. The summed E-state index contributed by atoms with van der Waals surface area (Å²) in [4.78, 5) is 4.19. The van der Waals surface area contributed by atoms with E-state index in [2.05, 4.69) is 4.98 Å². The molecule has 0 spiro atoms. The predicted molar refractivity (Wildman–Crippen MR) is 59.6 cm³/mol. The lowest BCUT2D eigenvalue weighted by atomic mass is 9.76. The van der Waals surface area contributed by atoms with Gasteiger partial charge in [0.2, 0.25) is 0 Å². The fraction of sp³-hybridized carbons (Fsp3) is 0.583. The van der Waals surface area contributed by atoms with Crippen LogP contribution >= 0.6 is 0 Å². The maximum Gasteiger partial charge on any atom is 0.0702 e. The molecular formula is C12H19NO2. The van der Waals surface area contributed by atoms with Crippen molar-refractivity contribution >= 4 is 0 Å². The maximum absolute atomic E-state index is 10.1. The molecule has 0 aliphatic heterocycles. The van der Waals surface area contributed by atoms with E-state index in [0.717, 1.165) is 0 Å². The van der Waals surface area contributed by atoms with Gasteiger partial charge in [0.1, 0.15) is 0 Å². The zero-order valence-electron chi connectivity index (χ0n) is 9.73. The van der Waals surface area contributed by atoms with E-state index in [1.54, 1.807) is 33.9 Å². The Labute approximate surface area is 90.8 Å². The molecule has 0 saturated carbocycles. The molecule has 0 fully saturated rings. The van der Waals surface area contributed by atoms with E-state index in [0.29, 0.717) is 5.69 Å². The fourth-order valence-electron chi connectivity index (χ4n) is 2.13. The number of aliphatic hydroxyl groups is 2. The molecule has 0 radical (unpaired) electrons. The van der Waals surface area contributed by atoms with Gasteiger partial charge < -0.3 is 10.2 Å². The van der Waals surface area contributed by atoms with Crippen molar-refractivity contribution in [2.45, 2.75) is 44.8 Å². The molecule has 0 saturated heterocycles. The van der Waals surface area contributed by atoms with E-state index >= 15 is 0 Å². The zero-order valence-corrected chi connectivity index (χ0v) is 9.73. The lowest BCUT2D eigenvalue weighted by Crippen LogP contribution is -2.43. The minimum atomic E-state index is -1.01. The zero-order chi connectivity index (χ0) is 11.7. The summed E-state index contributed by atoms with van der Waals surface area (Å²) in [5.74, 6) is -0.411. The molecule has 1 heterocycles. The third kappa shape index (κ3) is 3.01. The average Bonchev–Trinajstić information content (AvgIpc) is 2.00. The molecule has 0 aliphatic carbocycles. The van der Waals surface area contributed by atoms with Crippen LogP contribution in [0.25, 0.3) is 0 Å². The number of rotatable bonds is 3. The van der Waals surface area contributed by atoms with Gasteiger partial charge in [-0.2, -0.15) is 0 Å². The second-order valence-corrected chi connectivity index (χ2v) is 4.99. The van der Waals surface area contributed by atoms with Gasteiger partial charge in [0.15, 0.2) is 0 Å². The van der Waals surface area contributed by atoms with Crippen molar-refractivity contribution < 1.29 is 10.2 Å². The minimum Gasteiger partial charge on any atom is -0.390 e. The van der Waals surface area contributed by atoms with Crippen molar-refractivity contribution in [2.75, 3.05) is 0 Å². The fourth-order valence-corrected chi connectivity index (χ4v) is 2.13. The van der Waals surface area contributed by atoms with Crippen LogP contribution in [-0.2, 0) is 0 Å². The average molecular weight is 209 g/mol. The van der Waals surface area contributed by atoms with E-state index in [-0.39, 0.29) is 0 Å². The van der Waals surface area contributed by atoms with Gasteiger partial charge in [-0.25, -0.2) is 0 Å². The Kier molecular flexibility index (Phi) is 3.16. The molecule has 3 heteroatoms. The van der Waals surface area contributed by atoms with Gasteiger partial charge in [0.05, 0.1) is 17.1 Å². The summed E-state index contributed by atoms with van der Waals surface area (Å²) in [5, 5.41) is 20.1. The molecule has 0 bridgehead atoms. The van der Waals surface area contributed by atoms with Crippen molar-refractivity contribution in [3.63, 3.8) is 0 Å². The Morgan fingerprint density at radius 1 is 1.07 bits per heavy atom. The molecule has 0 atom stereocenters. The van der Waals surface area contributed by atoms with Gasteiger partial charge in [0.25, 0.3) is 0 Å². The van der Waals surface area contributed by atoms with Crippen LogP contribution < -0.4 is 0 Å². The van der Waals surface area contributed by atoms with E-state index in [9.17, 15) is 10.2 Å². The Morgan fingerprint density at radius 2 is 1.60 bits per heavy atom. The van der Waals surface area contributed by atoms with E-state index in [1.165, 1.54) is 0 Å². The normalized spacial score (nSPS) is 13.3. The highest BCUT2D eigenvalue weighted by Crippen LogP contribution is 2.36. The second-order valence-electron chi connectivity index (χ2n) is 4.99. The lowest BCUT2D eigenvalue weighted by molar-refractivity contribution is -0.0532. The van der Waals surface area contributed by atoms with Crippen molar-refractivity contribution in [3.8, 4) is 0 Å². The molecule has 1 aromatic heterocycles. The van der Waals surface area contributed by atoms with Crippen LogP contribution in [0.3, 0.4) is 0 Å². The first kappa shape index (κ1) is 12.1. The quantitative estimate of drug-likeness (QED) is 0.796. The third-order valence-electron chi connectivity index (χ3n) is 2.40. The lowest BCUT2D eigenvalue weighted by Gasteiger charge is -2.37. The summed E-state index contributed by atoms with van der Waals surface area (Å²) in [6.07, 6.45) is 1.67. The van der Waals surface area contributed by atoms with Crippen LogP contribution in [0.15, 0.2) is 24.4 Å². The molecule has 0 amide bonds. The van der Waals surface area contributed by atoms with Crippen LogP contribution in [-0.4, -0.2) is 26.4 Å². The van der Waals surface area contributed by atoms with Crippen molar-refractivity contribution in [1.82, 2.24) is 4.98 Å². The monoisotopic (exact) mass is 209 g/mol. The summed E-state index contributed by atoms with van der Waals surface area (Å²) in [6.45, 7) is 6.74. The largest absolute Gasteiger partial charge is 0.390 e. The Morgan fingerprint density at radius 3 is 1.93 bits per heavy atom. The van der Waals surface area contributed by atoms with Crippen LogP contribution in [0.5, 0.6) is 0 Å². The summed E-state index contributed by atoms with van der Waals surface area (Å²) >= 11 is 0. The molecule has 15 heavy (non-hydrogen) atoms. The number of pyridine rings is 1. The van der Waals surface area contributed by atoms with Gasteiger partial charge in [-0.1, -0.05) is 6.07 Å². The Balaban J connectivity index is 3.15. The smallest absolute Gasteiger partial charge is 0.0702 e. The van der Waals surface area contributed by atoms with Crippen molar-refractivity contribution in [3.05, 3.63) is 30.1 Å². The van der Waals surface area contributed by atoms with Gasteiger partial charge in [0, 0.05) is 11.9 Å². The summed E-state index contributed by atoms with van der Waals surface area (Å²) < 4.78 is 0. The van der Waals surface area contributed by atoms with Crippen molar-refractivity contribution in [2.24, 2.45) is 0 Å². The summed E-state index contributed by atoms with van der Waals surface area (Å²) in [7, 11) is 0. The van der Waals surface area contributed by atoms with Crippen LogP contribution in [0.1, 0.15) is 39.3 Å². The first-order chi connectivity index (χ1) is 6.73. The van der Waals surface area contributed by atoms with E-state index in [1.807, 2.05) is 18.2 Å². The highest BCUT2D eigenvalue weighted by Gasteiger charge is 2.40. The SMILES string of the molecule is CC(C)(O)C(c1ccccn1)C(C)(C)O. The maximum atomic E-state index is 10.1. The topological polar surface area (TPSA) is 53.4 Å². The first-order valence-corrected chi connectivity index (χ1v) is 5.08. The number of hydrogen-bond acceptors (Lipinski definition) is 3. The molecule has 2 N–H and O–H groups in total. The Hall–Kier alpha value is -0.930. The third-order valence-corrected chi connectivity index (χ3v) is 2.40. The van der Waals surface area contributed by atoms with Crippen LogP contribution in [0, 0.1) is 0 Å². The molecule has 0 unspecified atom stereocenters. The van der Waals surface area contributed by atoms with Gasteiger partial charge in [-0.3, -0.25) is 4.98 Å². The molecule has 1 rings (SSSR count). The van der Waals surface area contributed by atoms with Gasteiger partial charge in [-0.05, 0) is 39.8 Å². The molecule has 3 nitrogen and oxygen atoms in total. The van der Waals surface area contributed by atoms with Crippen molar-refractivity contribution in [1.29, 1.82) is 0 Å². The molecule has 0 aromatic carbocycles. The summed E-state index contributed by atoms with van der Waals surface area (Å²) in [6, 6.07) is 5.49. The molecule has 84 valence electrons. The second kappa shape index (κ2) is 3.91. The highest BCUT2D eigenvalue weighted by molar-refractivity contribution is 5.17. The van der Waals surface area contributed by atoms with Gasteiger partial charge in [-0.15, -0.1) is 0 Å². The van der Waals surface area contributed by atoms with Crippen LogP contribution in [0.2, 0.25) is 0 Å². The number of hydrogen-bond donors (Lipinski definition) is 2.